The molecule has 1 fully saturated rings. The van der Waals surface area contributed by atoms with Crippen molar-refractivity contribution in [1.29, 1.82) is 0 Å². The van der Waals surface area contributed by atoms with E-state index < -0.39 is 32.4 Å². The molecule has 0 unspecified atom stereocenters. The highest BCUT2D eigenvalue weighted by molar-refractivity contribution is 9.10. The summed E-state index contributed by atoms with van der Waals surface area (Å²) < 4.78 is 39.9. The summed E-state index contributed by atoms with van der Waals surface area (Å²) >= 11 is 9.62. The molecular formula is C20H24BrClFN3O4S. The van der Waals surface area contributed by atoms with E-state index >= 15 is 0 Å². The molecule has 2 aromatic rings. The van der Waals surface area contributed by atoms with E-state index in [9.17, 15) is 22.7 Å². The van der Waals surface area contributed by atoms with Gasteiger partial charge in [-0.05, 0) is 43.9 Å². The number of carbonyl (C=O) groups excluding carboxylic acids is 1. The van der Waals surface area contributed by atoms with Crippen LogP contribution in [0.5, 0.6) is 0 Å². The van der Waals surface area contributed by atoms with Gasteiger partial charge in [0, 0.05) is 23.7 Å². The van der Waals surface area contributed by atoms with E-state index in [1.807, 2.05) is 6.92 Å². The first-order chi connectivity index (χ1) is 14.4. The van der Waals surface area contributed by atoms with Crippen molar-refractivity contribution < 1.29 is 22.7 Å². The predicted octanol–water partition coefficient (Wildman–Crippen LogP) is 3.44. The van der Waals surface area contributed by atoms with Crippen LogP contribution in [0.15, 0.2) is 22.7 Å². The molecular weight excluding hydrogens is 513 g/mol. The number of hydrogen-bond acceptors (Lipinski definition) is 5. The second-order valence-corrected chi connectivity index (χ2v) is 11.5. The Morgan fingerprint density at radius 3 is 2.61 bits per heavy atom. The van der Waals surface area contributed by atoms with Crippen molar-refractivity contribution in [2.75, 3.05) is 12.8 Å². The number of carbonyl (C=O) groups is 1. The molecule has 1 aliphatic rings. The van der Waals surface area contributed by atoms with Gasteiger partial charge in [0.1, 0.15) is 26.6 Å². The Morgan fingerprint density at radius 2 is 2.06 bits per heavy atom. The molecule has 1 amide bonds. The summed E-state index contributed by atoms with van der Waals surface area (Å²) in [5.41, 5.74) is -1.08. The molecule has 31 heavy (non-hydrogen) atoms. The Hall–Kier alpha value is -1.49. The Morgan fingerprint density at radius 1 is 1.42 bits per heavy atom. The van der Waals surface area contributed by atoms with Crippen LogP contribution in [0.3, 0.4) is 0 Å². The molecule has 170 valence electrons. The molecule has 7 nitrogen and oxygen atoms in total. The van der Waals surface area contributed by atoms with Crippen LogP contribution in [0, 0.1) is 5.82 Å². The summed E-state index contributed by atoms with van der Waals surface area (Å²) in [7, 11) is -3.16. The van der Waals surface area contributed by atoms with E-state index in [-0.39, 0.29) is 35.9 Å². The number of aryl methyl sites for hydroxylation is 1. The van der Waals surface area contributed by atoms with Crippen LogP contribution < -0.4 is 5.32 Å². The molecule has 1 heterocycles. The number of nitrogens with zero attached hydrogens (tertiary/aromatic N) is 2. The van der Waals surface area contributed by atoms with Crippen molar-refractivity contribution in [3.63, 3.8) is 0 Å². The van der Waals surface area contributed by atoms with Crippen molar-refractivity contribution >= 4 is 43.3 Å². The number of rotatable bonds is 6. The normalized spacial score (nSPS) is 21.8. The molecule has 1 aromatic heterocycles. The van der Waals surface area contributed by atoms with Crippen molar-refractivity contribution in [2.24, 2.45) is 0 Å². The van der Waals surface area contributed by atoms with Gasteiger partial charge in [-0.15, -0.1) is 0 Å². The first kappa shape index (κ1) is 24.2. The van der Waals surface area contributed by atoms with E-state index in [0.29, 0.717) is 29.6 Å². The summed E-state index contributed by atoms with van der Waals surface area (Å²) in [5.74, 6) is -0.689. The molecule has 1 aliphatic carbocycles. The zero-order valence-corrected chi connectivity index (χ0v) is 20.3. The SMILES string of the molecule is CCc1nc(C(=O)NCC2(O)CCC(S(C)(=O)=O)CC2)c(Cl)n1-c1ccc(Br)cc1F. The van der Waals surface area contributed by atoms with Crippen LogP contribution in [0.25, 0.3) is 5.69 Å². The Bertz CT molecular complexity index is 1100. The maximum Gasteiger partial charge on any atom is 0.273 e. The highest BCUT2D eigenvalue weighted by Crippen LogP contribution is 2.32. The van der Waals surface area contributed by atoms with Crippen molar-refractivity contribution in [2.45, 2.75) is 49.9 Å². The zero-order valence-electron chi connectivity index (χ0n) is 17.2. The lowest BCUT2D eigenvalue weighted by Gasteiger charge is -2.35. The highest BCUT2D eigenvalue weighted by Gasteiger charge is 2.37. The fourth-order valence-corrected chi connectivity index (χ4v) is 5.54. The van der Waals surface area contributed by atoms with Gasteiger partial charge in [0.05, 0.1) is 16.5 Å². The lowest BCUT2D eigenvalue weighted by molar-refractivity contribution is 0.00607. The van der Waals surface area contributed by atoms with Gasteiger partial charge in [-0.2, -0.15) is 0 Å². The summed E-state index contributed by atoms with van der Waals surface area (Å²) in [6, 6.07) is 4.50. The molecule has 0 bridgehead atoms. The Balaban J connectivity index is 1.76. The van der Waals surface area contributed by atoms with E-state index in [1.54, 1.807) is 6.07 Å². The molecule has 0 radical (unpaired) electrons. The molecule has 11 heteroatoms. The number of aliphatic hydroxyl groups is 1. The number of halogens is 3. The minimum Gasteiger partial charge on any atom is -0.388 e. The van der Waals surface area contributed by atoms with Gasteiger partial charge in [0.15, 0.2) is 5.69 Å². The van der Waals surface area contributed by atoms with Gasteiger partial charge in [-0.25, -0.2) is 17.8 Å². The van der Waals surface area contributed by atoms with Gasteiger partial charge < -0.3 is 10.4 Å². The van der Waals surface area contributed by atoms with Crippen molar-refractivity contribution in [1.82, 2.24) is 14.9 Å². The van der Waals surface area contributed by atoms with Crippen LogP contribution in [-0.4, -0.2) is 52.6 Å². The predicted molar refractivity (Wildman–Crippen MR) is 120 cm³/mol. The van der Waals surface area contributed by atoms with E-state index in [2.05, 4.69) is 26.2 Å². The lowest BCUT2D eigenvalue weighted by Crippen LogP contribution is -2.47. The van der Waals surface area contributed by atoms with Gasteiger partial charge in [-0.3, -0.25) is 9.36 Å². The molecule has 0 aliphatic heterocycles. The van der Waals surface area contributed by atoms with Crippen molar-refractivity contribution in [3.8, 4) is 5.69 Å². The topological polar surface area (TPSA) is 101 Å². The Labute approximate surface area is 194 Å². The van der Waals surface area contributed by atoms with Crippen LogP contribution >= 0.6 is 27.5 Å². The number of hydrogen-bond donors (Lipinski definition) is 2. The average molecular weight is 537 g/mol. The Kier molecular flexibility index (Phi) is 7.15. The van der Waals surface area contributed by atoms with E-state index in [0.717, 1.165) is 0 Å². The monoisotopic (exact) mass is 535 g/mol. The molecule has 0 atom stereocenters. The van der Waals surface area contributed by atoms with Crippen LogP contribution in [-0.2, 0) is 16.3 Å². The largest absolute Gasteiger partial charge is 0.388 e. The second kappa shape index (κ2) is 9.17. The second-order valence-electron chi connectivity index (χ2n) is 7.89. The molecule has 0 spiro atoms. The quantitative estimate of drug-likeness (QED) is 0.589. The molecule has 0 saturated heterocycles. The minimum atomic E-state index is -3.16. The fourth-order valence-electron chi connectivity index (χ4n) is 3.80. The summed E-state index contributed by atoms with van der Waals surface area (Å²) in [6.45, 7) is 1.76. The maximum atomic E-state index is 14.5. The molecule has 1 saturated carbocycles. The van der Waals surface area contributed by atoms with Gasteiger partial charge in [-0.1, -0.05) is 34.5 Å². The molecule has 1 aromatic carbocycles. The minimum absolute atomic E-state index is 0.0247. The standard InChI is InChI=1S/C20H24BrClFN3O4S/c1-3-16-25-17(18(22)26(16)15-5-4-12(21)10-14(15)23)19(27)24-11-20(28)8-6-13(7-9-20)31(2,29)30/h4-5,10,13,28H,3,6-9,11H2,1-2H3,(H,24,27). The number of nitrogens with one attached hydrogen (secondary N) is 1. The smallest absolute Gasteiger partial charge is 0.273 e. The van der Waals surface area contributed by atoms with Gasteiger partial charge >= 0.3 is 0 Å². The highest BCUT2D eigenvalue weighted by atomic mass is 79.9. The average Bonchev–Trinajstić information content (AvgIpc) is 3.02. The third kappa shape index (κ3) is 5.30. The summed E-state index contributed by atoms with van der Waals surface area (Å²) in [4.78, 5) is 17.0. The number of imidazole rings is 1. The fraction of sp³-hybridized carbons (Fsp3) is 0.500. The summed E-state index contributed by atoms with van der Waals surface area (Å²) in [6.07, 6.45) is 2.81. The number of aromatic nitrogens is 2. The van der Waals surface area contributed by atoms with Crippen LogP contribution in [0.2, 0.25) is 5.15 Å². The number of benzene rings is 1. The van der Waals surface area contributed by atoms with Crippen LogP contribution in [0.1, 0.15) is 48.9 Å². The molecule has 2 N–H and O–H groups in total. The van der Waals surface area contributed by atoms with Gasteiger partial charge in [0.25, 0.3) is 5.91 Å². The first-order valence-corrected chi connectivity index (χ1v) is 13.0. The number of sulfone groups is 1. The van der Waals surface area contributed by atoms with Crippen molar-refractivity contribution in [3.05, 3.63) is 45.2 Å². The van der Waals surface area contributed by atoms with E-state index in [4.69, 9.17) is 11.6 Å². The lowest BCUT2D eigenvalue weighted by atomic mass is 9.84. The zero-order chi connectivity index (χ0) is 23.0. The van der Waals surface area contributed by atoms with Gasteiger partial charge in [0.2, 0.25) is 0 Å². The third-order valence-electron chi connectivity index (χ3n) is 5.62. The maximum absolute atomic E-state index is 14.5. The van der Waals surface area contributed by atoms with Crippen LogP contribution in [0.4, 0.5) is 4.39 Å². The first-order valence-electron chi connectivity index (χ1n) is 9.87. The van der Waals surface area contributed by atoms with E-state index in [1.165, 1.54) is 23.0 Å². The number of amides is 1. The molecule has 3 rings (SSSR count). The third-order valence-corrected chi connectivity index (χ3v) is 8.14. The summed E-state index contributed by atoms with van der Waals surface area (Å²) in [5, 5.41) is 12.9.